The highest BCUT2D eigenvalue weighted by molar-refractivity contribution is 5.94. The largest absolute Gasteiger partial charge is 0.480 e. The van der Waals surface area contributed by atoms with Gasteiger partial charge in [0.25, 0.3) is 0 Å². The smallest absolute Gasteiger partial charge is 0.322 e. The van der Waals surface area contributed by atoms with Gasteiger partial charge in [0.2, 0.25) is 35.4 Å². The van der Waals surface area contributed by atoms with Crippen LogP contribution < -0.4 is 54.4 Å². The summed E-state index contributed by atoms with van der Waals surface area (Å²) in [6.07, 6.45) is 1.94. The molecule has 1 heterocycles. The molecule has 0 unspecified atom stereocenters. The van der Waals surface area contributed by atoms with Gasteiger partial charge in [-0.15, -0.1) is 0 Å². The molecule has 46 heavy (non-hydrogen) atoms. The van der Waals surface area contributed by atoms with Crippen molar-refractivity contribution in [2.45, 2.75) is 56.7 Å². The van der Waals surface area contributed by atoms with Crippen LogP contribution in [0.4, 0.5) is 0 Å². The third kappa shape index (κ3) is 16.0. The first kappa shape index (κ1) is 38.8. The van der Waals surface area contributed by atoms with Crippen molar-refractivity contribution in [2.24, 2.45) is 17.2 Å². The number of amides is 6. The van der Waals surface area contributed by atoms with Crippen molar-refractivity contribution < 1.29 is 38.7 Å². The van der Waals surface area contributed by atoms with Crippen LogP contribution in [0, 0.1) is 10.8 Å². The Morgan fingerprint density at radius 2 is 1.33 bits per heavy atom. The van der Waals surface area contributed by atoms with Gasteiger partial charge in [-0.3, -0.25) is 44.4 Å². The molecule has 0 aromatic rings. The van der Waals surface area contributed by atoms with Gasteiger partial charge in [-0.2, -0.15) is 0 Å². The summed E-state index contributed by atoms with van der Waals surface area (Å²) in [5.74, 6) is -5.61. The summed E-state index contributed by atoms with van der Waals surface area (Å²) in [4.78, 5) is 86.5. The standard InChI is InChI=1S/C25H45N13O8/c26-14(4-1-7-31-24(27)28)21(44)37-15(5-2-8-32-25(29)30)22(45)36-12-19(41)38-9-3-6-16(38)23(46)35-11-18(40)33-10-17(39)34-13-20(42)43/h14-16H,1-13,26H2,(H,33,40)(H,34,39)(H,35,46)(H,36,45)(H,37,44)(H,42,43)(H4,27,28,31)(H4,29,30,32)/t14-,15-,16-/m0/s1. The predicted octanol–water partition coefficient (Wildman–Crippen LogP) is -6.13. The summed E-state index contributed by atoms with van der Waals surface area (Å²) in [7, 11) is 0. The lowest BCUT2D eigenvalue weighted by molar-refractivity contribution is -0.139. The minimum atomic E-state index is -1.25. The zero-order valence-electron chi connectivity index (χ0n) is 25.4. The van der Waals surface area contributed by atoms with E-state index in [0.717, 1.165) is 0 Å². The SMILES string of the molecule is N=C(N)NCCC[C@H](NC(=O)[C@@H](N)CCCNC(=N)N)C(=O)NCC(=O)N1CCC[C@H]1C(=O)NCC(=O)NCC(=O)NCC(=O)O. The molecule has 0 radical (unpaired) electrons. The Bertz CT molecular complexity index is 1140. The first-order chi connectivity index (χ1) is 21.7. The Morgan fingerprint density at radius 3 is 1.91 bits per heavy atom. The summed E-state index contributed by atoms with van der Waals surface area (Å²) in [5.41, 5.74) is 16.4. The van der Waals surface area contributed by atoms with Gasteiger partial charge in [-0.05, 0) is 38.5 Å². The first-order valence-corrected chi connectivity index (χ1v) is 14.5. The van der Waals surface area contributed by atoms with Crippen LogP contribution in [0.2, 0.25) is 0 Å². The number of hydrogen-bond donors (Lipinski definition) is 13. The number of likely N-dealkylation sites (tertiary alicyclic amines) is 1. The lowest BCUT2D eigenvalue weighted by atomic mass is 10.1. The number of rotatable bonds is 20. The maximum Gasteiger partial charge on any atom is 0.322 e. The van der Waals surface area contributed by atoms with Crippen LogP contribution in [0.1, 0.15) is 38.5 Å². The van der Waals surface area contributed by atoms with Crippen LogP contribution in [-0.4, -0.2) is 127 Å². The number of carboxylic acids is 1. The molecule has 1 saturated heterocycles. The Labute approximate surface area is 264 Å². The highest BCUT2D eigenvalue weighted by Crippen LogP contribution is 2.17. The fourth-order valence-electron chi connectivity index (χ4n) is 4.24. The molecule has 0 aliphatic carbocycles. The highest BCUT2D eigenvalue weighted by Gasteiger charge is 2.34. The fraction of sp³-hybridized carbons (Fsp3) is 0.640. The molecule has 1 aliphatic heterocycles. The van der Waals surface area contributed by atoms with Crippen LogP contribution in [0.5, 0.6) is 0 Å². The number of carboxylic acid groups (broad SMARTS) is 1. The number of carbonyl (C=O) groups excluding carboxylic acids is 6. The average molecular weight is 656 g/mol. The van der Waals surface area contributed by atoms with Gasteiger partial charge in [0, 0.05) is 19.6 Å². The average Bonchev–Trinajstić information content (AvgIpc) is 3.50. The van der Waals surface area contributed by atoms with E-state index < -0.39 is 85.7 Å². The minimum Gasteiger partial charge on any atom is -0.480 e. The molecule has 3 atom stereocenters. The lowest BCUT2D eigenvalue weighted by Crippen LogP contribution is -2.54. The number of carbonyl (C=O) groups is 7. The van der Waals surface area contributed by atoms with Gasteiger partial charge >= 0.3 is 5.97 Å². The monoisotopic (exact) mass is 655 g/mol. The summed E-state index contributed by atoms with van der Waals surface area (Å²) >= 11 is 0. The van der Waals surface area contributed by atoms with Crippen molar-refractivity contribution in [3.63, 3.8) is 0 Å². The Morgan fingerprint density at radius 1 is 0.761 bits per heavy atom. The number of nitrogens with one attached hydrogen (secondary N) is 9. The van der Waals surface area contributed by atoms with E-state index in [1.807, 2.05) is 0 Å². The van der Waals surface area contributed by atoms with Gasteiger partial charge in [0.1, 0.15) is 18.6 Å². The molecule has 0 aromatic carbocycles. The van der Waals surface area contributed by atoms with Crippen molar-refractivity contribution in [1.82, 2.24) is 42.1 Å². The Hall–Kier alpha value is -5.21. The van der Waals surface area contributed by atoms with E-state index in [4.69, 9.17) is 33.1 Å². The highest BCUT2D eigenvalue weighted by atomic mass is 16.4. The molecule has 1 rings (SSSR count). The molecule has 258 valence electrons. The molecular formula is C25H45N13O8. The Kier molecular flexibility index (Phi) is 17.5. The zero-order chi connectivity index (χ0) is 34.6. The van der Waals surface area contributed by atoms with Gasteiger partial charge in [-0.25, -0.2) is 0 Å². The second kappa shape index (κ2) is 20.7. The number of nitrogens with two attached hydrogens (primary N) is 3. The van der Waals surface area contributed by atoms with E-state index in [1.165, 1.54) is 4.90 Å². The summed E-state index contributed by atoms with van der Waals surface area (Å²) in [6, 6.07) is -2.93. The molecule has 0 spiro atoms. The number of hydrogen-bond acceptors (Lipinski definition) is 10. The zero-order valence-corrected chi connectivity index (χ0v) is 25.4. The van der Waals surface area contributed by atoms with E-state index in [-0.39, 0.29) is 37.9 Å². The number of aliphatic carboxylic acids is 1. The molecule has 1 aliphatic rings. The third-order valence-electron chi connectivity index (χ3n) is 6.56. The van der Waals surface area contributed by atoms with Crippen LogP contribution in [0.15, 0.2) is 0 Å². The van der Waals surface area contributed by atoms with Crippen molar-refractivity contribution in [3.8, 4) is 0 Å². The molecule has 21 nitrogen and oxygen atoms in total. The molecule has 16 N–H and O–H groups in total. The second-order valence-electron chi connectivity index (χ2n) is 10.3. The van der Waals surface area contributed by atoms with Crippen LogP contribution in [0.3, 0.4) is 0 Å². The van der Waals surface area contributed by atoms with Crippen LogP contribution in [-0.2, 0) is 33.6 Å². The Balaban J connectivity index is 2.65. The van der Waals surface area contributed by atoms with Gasteiger partial charge in [-0.1, -0.05) is 0 Å². The molecule has 0 bridgehead atoms. The minimum absolute atomic E-state index is 0.128. The number of guanidine groups is 2. The molecule has 6 amide bonds. The van der Waals surface area contributed by atoms with Crippen LogP contribution in [0.25, 0.3) is 0 Å². The van der Waals surface area contributed by atoms with E-state index in [0.29, 0.717) is 32.2 Å². The second-order valence-corrected chi connectivity index (χ2v) is 10.3. The summed E-state index contributed by atoms with van der Waals surface area (Å²) in [5, 5.41) is 39.9. The maximum atomic E-state index is 13.0. The van der Waals surface area contributed by atoms with E-state index in [1.54, 1.807) is 0 Å². The van der Waals surface area contributed by atoms with Crippen molar-refractivity contribution in [3.05, 3.63) is 0 Å². The quantitative estimate of drug-likeness (QED) is 0.0330. The maximum absolute atomic E-state index is 13.0. The normalized spacial score (nSPS) is 15.0. The fourth-order valence-corrected chi connectivity index (χ4v) is 4.24. The van der Waals surface area contributed by atoms with Crippen LogP contribution >= 0.6 is 0 Å². The van der Waals surface area contributed by atoms with Crippen molar-refractivity contribution >= 4 is 53.3 Å². The van der Waals surface area contributed by atoms with Gasteiger partial charge < -0.3 is 64.4 Å². The van der Waals surface area contributed by atoms with E-state index >= 15 is 0 Å². The summed E-state index contributed by atoms with van der Waals surface area (Å²) in [6.45, 7) is -1.26. The third-order valence-corrected chi connectivity index (χ3v) is 6.56. The van der Waals surface area contributed by atoms with Gasteiger partial charge in [0.05, 0.1) is 25.7 Å². The summed E-state index contributed by atoms with van der Waals surface area (Å²) < 4.78 is 0. The van der Waals surface area contributed by atoms with Gasteiger partial charge in [0.15, 0.2) is 11.9 Å². The molecule has 21 heteroatoms. The molecule has 1 fully saturated rings. The molecule has 0 aromatic heterocycles. The first-order valence-electron chi connectivity index (χ1n) is 14.5. The van der Waals surface area contributed by atoms with Crippen molar-refractivity contribution in [1.29, 1.82) is 10.8 Å². The number of nitrogens with zero attached hydrogens (tertiary/aromatic N) is 1. The lowest BCUT2D eigenvalue weighted by Gasteiger charge is -2.25. The predicted molar refractivity (Wildman–Crippen MR) is 163 cm³/mol. The molecule has 0 saturated carbocycles. The van der Waals surface area contributed by atoms with E-state index in [9.17, 15) is 33.6 Å². The topological polar surface area (TPSA) is 353 Å². The molecular weight excluding hydrogens is 610 g/mol. The van der Waals surface area contributed by atoms with Crippen molar-refractivity contribution in [2.75, 3.05) is 45.8 Å². The van der Waals surface area contributed by atoms with E-state index in [2.05, 4.69) is 37.2 Å².